The van der Waals surface area contributed by atoms with Crippen LogP contribution in [0, 0.1) is 15.3 Å². The molecule has 1 rings (SSSR count). The van der Waals surface area contributed by atoms with E-state index in [2.05, 4.69) is 0 Å². The third-order valence-electron chi connectivity index (χ3n) is 1.30. The summed E-state index contributed by atoms with van der Waals surface area (Å²) >= 11 is 0. The number of hydrogen-bond acceptors (Lipinski definition) is 7. The van der Waals surface area contributed by atoms with E-state index in [1.807, 2.05) is 0 Å². The molecule has 0 N–H and O–H groups in total. The molecule has 0 aliphatic rings. The van der Waals surface area contributed by atoms with E-state index in [-0.39, 0.29) is 101 Å². The van der Waals surface area contributed by atoms with Gasteiger partial charge in [-0.15, -0.1) is 0 Å². The minimum absolute atomic E-state index is 0. The van der Waals surface area contributed by atoms with E-state index in [4.69, 9.17) is 15.3 Å². The van der Waals surface area contributed by atoms with Gasteiger partial charge < -0.3 is 35.1 Å². The van der Waals surface area contributed by atoms with E-state index in [0.717, 1.165) is 0 Å². The summed E-state index contributed by atoms with van der Waals surface area (Å²) in [6, 6.07) is 8.06. The van der Waals surface area contributed by atoms with Gasteiger partial charge in [0, 0.05) is 5.97 Å². The molecule has 0 saturated heterocycles. The Kier molecular flexibility index (Phi) is 35.7. The SMILES string of the molecule is CCC(=O)[O-].O=C([O-])c1ccccc1.O=[N+]([O-])[O-].[Na+].[Na+].[Na+]. The molecule has 8 nitrogen and oxygen atoms in total. The molecule has 0 aliphatic heterocycles. The first kappa shape index (κ1) is 33.1. The second-order valence-corrected chi connectivity index (χ2v) is 2.60. The zero-order valence-electron chi connectivity index (χ0n) is 12.4. The molecular formula is C10H10NNa3O7. The molecule has 0 aromatic heterocycles. The van der Waals surface area contributed by atoms with Gasteiger partial charge in [-0.05, 0) is 12.0 Å². The van der Waals surface area contributed by atoms with E-state index in [0.29, 0.717) is 0 Å². The molecule has 0 atom stereocenters. The topological polar surface area (TPSA) is 146 Å². The smallest absolute Gasteiger partial charge is 0.550 e. The molecule has 21 heavy (non-hydrogen) atoms. The molecule has 0 aliphatic carbocycles. The van der Waals surface area contributed by atoms with Crippen molar-refractivity contribution in [3.8, 4) is 0 Å². The van der Waals surface area contributed by atoms with Crippen molar-refractivity contribution < 1.29 is 114 Å². The molecule has 0 saturated carbocycles. The van der Waals surface area contributed by atoms with Crippen molar-refractivity contribution in [1.82, 2.24) is 0 Å². The Morgan fingerprint density at radius 2 is 1.29 bits per heavy atom. The minimum atomic E-state index is -1.75. The molecule has 100 valence electrons. The van der Waals surface area contributed by atoms with E-state index in [1.165, 1.54) is 19.1 Å². The largest absolute Gasteiger partial charge is 1.00 e. The monoisotopic (exact) mass is 325 g/mol. The van der Waals surface area contributed by atoms with Gasteiger partial charge in [0.25, 0.3) is 0 Å². The Balaban J connectivity index is -0.0000000627. The second kappa shape index (κ2) is 22.6. The number of carbonyl (C=O) groups is 2. The molecular weight excluding hydrogens is 315 g/mol. The zero-order valence-corrected chi connectivity index (χ0v) is 18.4. The predicted octanol–water partition coefficient (Wildman–Crippen LogP) is -10.0. The summed E-state index contributed by atoms with van der Waals surface area (Å²) in [6.07, 6.45) is 0.111. The third-order valence-corrected chi connectivity index (χ3v) is 1.30. The number of benzene rings is 1. The van der Waals surface area contributed by atoms with Crippen LogP contribution in [0.5, 0.6) is 0 Å². The third kappa shape index (κ3) is 33.3. The van der Waals surface area contributed by atoms with Crippen LogP contribution in [-0.4, -0.2) is 17.0 Å². The van der Waals surface area contributed by atoms with Gasteiger partial charge in [-0.25, -0.2) is 0 Å². The fourth-order valence-electron chi connectivity index (χ4n) is 0.574. The molecule has 0 radical (unpaired) electrons. The molecule has 0 spiro atoms. The normalized spacial score (nSPS) is 6.71. The summed E-state index contributed by atoms with van der Waals surface area (Å²) in [5.74, 6) is -2.12. The summed E-state index contributed by atoms with van der Waals surface area (Å²) in [7, 11) is 0. The first-order valence-electron chi connectivity index (χ1n) is 4.59. The van der Waals surface area contributed by atoms with E-state index in [9.17, 15) is 19.8 Å². The maximum atomic E-state index is 10.1. The zero-order chi connectivity index (χ0) is 14.6. The molecule has 0 heterocycles. The van der Waals surface area contributed by atoms with Crippen LogP contribution < -0.4 is 98.9 Å². The number of aliphatic carboxylic acids is 1. The van der Waals surface area contributed by atoms with Crippen molar-refractivity contribution in [1.29, 1.82) is 0 Å². The fraction of sp³-hybridized carbons (Fsp3) is 0.200. The molecule has 0 amide bonds. The maximum Gasteiger partial charge on any atom is 1.00 e. The Morgan fingerprint density at radius 3 is 1.43 bits per heavy atom. The first-order valence-corrected chi connectivity index (χ1v) is 4.59. The Hall–Kier alpha value is 0.360. The summed E-state index contributed by atoms with van der Waals surface area (Å²) in [6.45, 7) is 1.54. The summed E-state index contributed by atoms with van der Waals surface area (Å²) in [4.78, 5) is 27.6. The number of carboxylic acid groups (broad SMARTS) is 2. The van der Waals surface area contributed by atoms with Crippen molar-refractivity contribution in [2.45, 2.75) is 13.3 Å². The molecule has 0 fully saturated rings. The maximum absolute atomic E-state index is 10.1. The number of aromatic carboxylic acids is 1. The molecule has 1 aromatic carbocycles. The summed E-state index contributed by atoms with van der Waals surface area (Å²) < 4.78 is 0. The minimum Gasteiger partial charge on any atom is -0.550 e. The Labute approximate surface area is 187 Å². The predicted molar refractivity (Wildman–Crippen MR) is 56.4 cm³/mol. The number of carbonyl (C=O) groups excluding carboxylic acids is 2. The van der Waals surface area contributed by atoms with Gasteiger partial charge in [-0.1, -0.05) is 37.3 Å². The van der Waals surface area contributed by atoms with Crippen molar-refractivity contribution in [2.24, 2.45) is 0 Å². The van der Waals surface area contributed by atoms with Crippen LogP contribution in [0.25, 0.3) is 0 Å². The summed E-state index contributed by atoms with van der Waals surface area (Å²) in [5, 5.41) is 34.1. The van der Waals surface area contributed by atoms with Crippen molar-refractivity contribution in [2.75, 3.05) is 0 Å². The van der Waals surface area contributed by atoms with Gasteiger partial charge in [-0.3, -0.25) is 0 Å². The van der Waals surface area contributed by atoms with Crippen molar-refractivity contribution in [3.05, 3.63) is 51.2 Å². The van der Waals surface area contributed by atoms with E-state index >= 15 is 0 Å². The van der Waals surface area contributed by atoms with Gasteiger partial charge in [0.05, 0.1) is 11.1 Å². The molecule has 1 aromatic rings. The van der Waals surface area contributed by atoms with Gasteiger partial charge in [0.15, 0.2) is 0 Å². The summed E-state index contributed by atoms with van der Waals surface area (Å²) in [5.41, 5.74) is 0.220. The molecule has 11 heteroatoms. The second-order valence-electron chi connectivity index (χ2n) is 2.60. The van der Waals surface area contributed by atoms with Crippen LogP contribution in [0.15, 0.2) is 30.3 Å². The van der Waals surface area contributed by atoms with Crippen LogP contribution in [0.1, 0.15) is 23.7 Å². The van der Waals surface area contributed by atoms with Crippen LogP contribution in [-0.2, 0) is 4.79 Å². The standard InChI is InChI=1S/C7H6O2.C3H6O2.NO3.3Na/c8-7(9)6-4-2-1-3-5-6;1-2-3(4)5;2-1(3)4;;;/h1-5H,(H,8,9);2H2,1H3,(H,4,5);;;;/q;;-1;3*+1/p-2. The Bertz CT molecular complexity index is 385. The van der Waals surface area contributed by atoms with Crippen LogP contribution in [0.4, 0.5) is 0 Å². The van der Waals surface area contributed by atoms with Crippen molar-refractivity contribution in [3.63, 3.8) is 0 Å². The number of rotatable bonds is 2. The Morgan fingerprint density at radius 1 is 1.00 bits per heavy atom. The van der Waals surface area contributed by atoms with Crippen LogP contribution in [0.2, 0.25) is 0 Å². The number of hydrogen-bond donors (Lipinski definition) is 0. The van der Waals surface area contributed by atoms with Crippen LogP contribution >= 0.6 is 0 Å². The van der Waals surface area contributed by atoms with Crippen LogP contribution in [0.3, 0.4) is 0 Å². The first-order chi connectivity index (χ1) is 8.31. The van der Waals surface area contributed by atoms with Gasteiger partial charge in [-0.2, -0.15) is 0 Å². The number of nitrogens with zero attached hydrogens (tertiary/aromatic N) is 1. The average molecular weight is 325 g/mol. The molecule has 0 unspecified atom stereocenters. The van der Waals surface area contributed by atoms with E-state index < -0.39 is 17.0 Å². The van der Waals surface area contributed by atoms with Crippen molar-refractivity contribution >= 4 is 11.9 Å². The van der Waals surface area contributed by atoms with Gasteiger partial charge in [0.1, 0.15) is 0 Å². The average Bonchev–Trinajstić information content (AvgIpc) is 2.30. The molecule has 0 bridgehead atoms. The number of carboxylic acids is 2. The quantitative estimate of drug-likeness (QED) is 0.298. The van der Waals surface area contributed by atoms with E-state index in [1.54, 1.807) is 18.2 Å². The fourth-order valence-corrected chi connectivity index (χ4v) is 0.574. The van der Waals surface area contributed by atoms with Gasteiger partial charge in [0.2, 0.25) is 0 Å². The van der Waals surface area contributed by atoms with Gasteiger partial charge >= 0.3 is 88.7 Å².